The normalized spacial score (nSPS) is 24.7. The van der Waals surface area contributed by atoms with Crippen LogP contribution in [0.25, 0.3) is 0 Å². The molecule has 6 nitrogen and oxygen atoms in total. The summed E-state index contributed by atoms with van der Waals surface area (Å²) in [6.07, 6.45) is -5.30. The topological polar surface area (TPSA) is 86.7 Å². The van der Waals surface area contributed by atoms with Gasteiger partial charge in [-0.2, -0.15) is 13.2 Å². The minimum absolute atomic E-state index is 0.0688. The van der Waals surface area contributed by atoms with Gasteiger partial charge in [-0.05, 0) is 25.0 Å². The van der Waals surface area contributed by atoms with E-state index in [0.29, 0.717) is 4.90 Å². The van der Waals surface area contributed by atoms with Gasteiger partial charge in [0.15, 0.2) is 0 Å². The van der Waals surface area contributed by atoms with Crippen molar-refractivity contribution in [2.45, 2.75) is 31.1 Å². The fraction of sp³-hybridized carbons (Fsp3) is 0.357. The number of hydrogen-bond donors (Lipinski definition) is 2. The van der Waals surface area contributed by atoms with Gasteiger partial charge in [0.1, 0.15) is 17.8 Å². The number of imide groups is 1. The molecule has 0 spiro atoms. The molecule has 0 aliphatic carbocycles. The third kappa shape index (κ3) is 2.32. The number of rotatable bonds is 1. The van der Waals surface area contributed by atoms with Crippen LogP contribution < -0.4 is 5.32 Å². The van der Waals surface area contributed by atoms with E-state index in [9.17, 15) is 32.7 Å². The van der Waals surface area contributed by atoms with Crippen LogP contribution in [-0.4, -0.2) is 46.0 Å². The molecule has 0 aromatic heterocycles. The molecule has 0 unspecified atom stereocenters. The van der Waals surface area contributed by atoms with Crippen LogP contribution >= 0.6 is 0 Å². The summed E-state index contributed by atoms with van der Waals surface area (Å²) < 4.78 is 37.9. The largest absolute Gasteiger partial charge is 0.507 e. The van der Waals surface area contributed by atoms with Crippen LogP contribution in [0.4, 0.5) is 13.2 Å². The molecule has 2 heterocycles. The number of fused-ring (bicyclic) bond motifs is 1. The molecule has 1 aromatic carbocycles. The van der Waals surface area contributed by atoms with E-state index < -0.39 is 48.2 Å². The zero-order chi connectivity index (χ0) is 16.9. The van der Waals surface area contributed by atoms with Crippen molar-refractivity contribution in [3.63, 3.8) is 0 Å². The van der Waals surface area contributed by atoms with Crippen LogP contribution in [0.2, 0.25) is 0 Å². The Bertz CT molecular complexity index is 716. The Balaban J connectivity index is 1.88. The van der Waals surface area contributed by atoms with Crippen molar-refractivity contribution in [3.05, 3.63) is 29.3 Å². The summed E-state index contributed by atoms with van der Waals surface area (Å²) in [6.45, 7) is 0. The van der Waals surface area contributed by atoms with Gasteiger partial charge in [-0.1, -0.05) is 6.07 Å². The molecule has 1 fully saturated rings. The predicted molar refractivity (Wildman–Crippen MR) is 69.6 cm³/mol. The van der Waals surface area contributed by atoms with E-state index in [-0.39, 0.29) is 17.5 Å². The number of nitrogens with one attached hydrogen (secondary N) is 1. The van der Waals surface area contributed by atoms with Crippen LogP contribution in [0.1, 0.15) is 33.6 Å². The number of aromatic hydroxyl groups is 1. The van der Waals surface area contributed by atoms with Crippen molar-refractivity contribution < 1.29 is 32.7 Å². The monoisotopic (exact) mass is 328 g/mol. The Hall–Kier alpha value is -2.58. The van der Waals surface area contributed by atoms with Crippen LogP contribution in [-0.2, 0) is 4.79 Å². The van der Waals surface area contributed by atoms with Crippen LogP contribution in [0.5, 0.6) is 5.75 Å². The molecule has 2 aliphatic rings. The molecule has 9 heteroatoms. The summed E-state index contributed by atoms with van der Waals surface area (Å²) in [5, 5.41) is 11.5. The number of piperidine rings is 1. The number of nitrogens with zero attached hydrogens (tertiary/aromatic N) is 1. The quantitative estimate of drug-likeness (QED) is 0.759. The van der Waals surface area contributed by atoms with E-state index in [4.69, 9.17) is 0 Å². The molecule has 0 saturated carbocycles. The van der Waals surface area contributed by atoms with Crippen molar-refractivity contribution in [2.24, 2.45) is 0 Å². The lowest BCUT2D eigenvalue weighted by Crippen LogP contribution is -2.59. The van der Waals surface area contributed by atoms with Crippen molar-refractivity contribution in [3.8, 4) is 5.75 Å². The average Bonchev–Trinajstić information content (AvgIpc) is 2.71. The molecular formula is C14H11F3N2O4. The summed E-state index contributed by atoms with van der Waals surface area (Å²) >= 11 is 0. The van der Waals surface area contributed by atoms with Crippen molar-refractivity contribution in [1.82, 2.24) is 10.2 Å². The Morgan fingerprint density at radius 2 is 1.83 bits per heavy atom. The number of phenolic OH excluding ortho intramolecular Hbond substituents is 1. The fourth-order valence-corrected chi connectivity index (χ4v) is 2.86. The first kappa shape index (κ1) is 15.3. The highest BCUT2D eigenvalue weighted by atomic mass is 19.4. The van der Waals surface area contributed by atoms with E-state index in [0.717, 1.165) is 0 Å². The summed E-state index contributed by atoms with van der Waals surface area (Å²) in [5.74, 6) is -3.12. The van der Waals surface area contributed by atoms with E-state index in [2.05, 4.69) is 0 Å². The highest BCUT2D eigenvalue weighted by Gasteiger charge is 2.50. The predicted octanol–water partition coefficient (Wildman–Crippen LogP) is 1.20. The number of benzene rings is 1. The van der Waals surface area contributed by atoms with Crippen LogP contribution in [0.3, 0.4) is 0 Å². The van der Waals surface area contributed by atoms with Gasteiger partial charge in [0.2, 0.25) is 5.91 Å². The standard InChI is InChI=1S/C14H11F3N2O4/c15-14(16,17)9-5-4-7(11(21)18-9)19-12(22)6-2-1-3-8(20)10(6)13(19)23/h1-3,7,9,20H,4-5H2,(H,18,21)/t7-,9+/m1/s1. The third-order valence-corrected chi connectivity index (χ3v) is 3.98. The molecule has 2 atom stereocenters. The van der Waals surface area contributed by atoms with Gasteiger partial charge in [0.05, 0.1) is 11.1 Å². The van der Waals surface area contributed by atoms with Crippen LogP contribution in [0.15, 0.2) is 18.2 Å². The number of hydrogen-bond acceptors (Lipinski definition) is 4. The third-order valence-electron chi connectivity index (χ3n) is 3.98. The zero-order valence-electron chi connectivity index (χ0n) is 11.6. The molecule has 0 bridgehead atoms. The van der Waals surface area contributed by atoms with Gasteiger partial charge in [-0.25, -0.2) is 0 Å². The number of phenols is 1. The molecule has 1 aromatic rings. The van der Waals surface area contributed by atoms with E-state index in [1.165, 1.54) is 18.2 Å². The lowest BCUT2D eigenvalue weighted by Gasteiger charge is -2.33. The number of alkyl halides is 3. The molecule has 23 heavy (non-hydrogen) atoms. The maximum atomic E-state index is 12.6. The van der Waals surface area contributed by atoms with Crippen LogP contribution in [0, 0.1) is 0 Å². The zero-order valence-corrected chi connectivity index (χ0v) is 11.6. The first-order valence-corrected chi connectivity index (χ1v) is 6.78. The Morgan fingerprint density at radius 3 is 2.39 bits per heavy atom. The minimum Gasteiger partial charge on any atom is -0.507 e. The second-order valence-electron chi connectivity index (χ2n) is 5.38. The van der Waals surface area contributed by atoms with E-state index in [1.54, 1.807) is 5.32 Å². The SMILES string of the molecule is O=C1N[C@H](C(F)(F)F)CC[C@H]1N1C(=O)c2cccc(O)c2C1=O. The molecule has 2 N–H and O–H groups in total. The number of halogens is 3. The maximum absolute atomic E-state index is 12.6. The van der Waals surface area contributed by atoms with Gasteiger partial charge in [-0.15, -0.1) is 0 Å². The minimum atomic E-state index is -4.58. The lowest BCUT2D eigenvalue weighted by molar-refractivity contribution is -0.169. The van der Waals surface area contributed by atoms with Gasteiger partial charge >= 0.3 is 6.18 Å². The molecule has 3 amide bonds. The molecule has 3 rings (SSSR count). The molecular weight excluding hydrogens is 317 g/mol. The highest BCUT2D eigenvalue weighted by molar-refractivity contribution is 6.24. The molecule has 0 radical (unpaired) electrons. The first-order chi connectivity index (χ1) is 10.7. The Morgan fingerprint density at radius 1 is 1.13 bits per heavy atom. The lowest BCUT2D eigenvalue weighted by atomic mass is 9.98. The van der Waals surface area contributed by atoms with Crippen molar-refractivity contribution in [2.75, 3.05) is 0 Å². The summed E-state index contributed by atoms with van der Waals surface area (Å²) in [5.41, 5.74) is -0.302. The van der Waals surface area contributed by atoms with Crippen molar-refractivity contribution in [1.29, 1.82) is 0 Å². The van der Waals surface area contributed by atoms with Gasteiger partial charge in [0, 0.05) is 0 Å². The first-order valence-electron chi connectivity index (χ1n) is 6.78. The fourth-order valence-electron chi connectivity index (χ4n) is 2.86. The van der Waals surface area contributed by atoms with E-state index in [1.807, 2.05) is 0 Å². The maximum Gasteiger partial charge on any atom is 0.408 e. The Kier molecular flexibility index (Phi) is 3.31. The summed E-state index contributed by atoms with van der Waals surface area (Å²) in [4.78, 5) is 37.1. The summed E-state index contributed by atoms with van der Waals surface area (Å²) in [6, 6.07) is 0.585. The smallest absolute Gasteiger partial charge is 0.408 e. The second kappa shape index (κ2) is 4.97. The molecule has 2 aliphatic heterocycles. The van der Waals surface area contributed by atoms with Gasteiger partial charge in [-0.3, -0.25) is 19.3 Å². The van der Waals surface area contributed by atoms with E-state index >= 15 is 0 Å². The Labute approximate surface area is 127 Å². The van der Waals surface area contributed by atoms with Crippen molar-refractivity contribution >= 4 is 17.7 Å². The number of carbonyl (C=O) groups is 3. The molecule has 1 saturated heterocycles. The average molecular weight is 328 g/mol. The number of amides is 3. The summed E-state index contributed by atoms with van der Waals surface area (Å²) in [7, 11) is 0. The van der Waals surface area contributed by atoms with Gasteiger partial charge in [0.25, 0.3) is 11.8 Å². The second-order valence-corrected chi connectivity index (χ2v) is 5.38. The van der Waals surface area contributed by atoms with Gasteiger partial charge < -0.3 is 10.4 Å². The highest BCUT2D eigenvalue weighted by Crippen LogP contribution is 2.34. The molecule has 122 valence electrons. The number of carbonyl (C=O) groups excluding carboxylic acids is 3.